The van der Waals surface area contributed by atoms with Crippen molar-refractivity contribution in [3.05, 3.63) is 27.4 Å². The Morgan fingerprint density at radius 2 is 2.50 bits per heavy atom. The number of hydrogen-bond donors (Lipinski definition) is 0. The van der Waals surface area contributed by atoms with Gasteiger partial charge in [0.1, 0.15) is 0 Å². The molecule has 0 bridgehead atoms. The van der Waals surface area contributed by atoms with Crippen molar-refractivity contribution in [3.8, 4) is 0 Å². The van der Waals surface area contributed by atoms with Crippen LogP contribution in [0.15, 0.2) is 22.5 Å². The number of hydrogen-bond acceptors (Lipinski definition) is 2. The van der Waals surface area contributed by atoms with Crippen LogP contribution < -0.4 is 0 Å². The Balaban J connectivity index is 2.80. The highest BCUT2D eigenvalue weighted by atomic mass is 35.5. The van der Waals surface area contributed by atoms with Crippen molar-refractivity contribution < 1.29 is 4.79 Å². The fraction of sp³-hybridized carbons (Fsp3) is 0. The Morgan fingerprint density at radius 3 is 3.00 bits per heavy atom. The third kappa shape index (κ3) is 1.97. The fourth-order valence-corrected chi connectivity index (χ4v) is 1.39. The molecule has 0 aliphatic rings. The van der Waals surface area contributed by atoms with E-state index >= 15 is 0 Å². The van der Waals surface area contributed by atoms with E-state index < -0.39 is 0 Å². The molecule has 0 amide bonds. The molecule has 0 aromatic carbocycles. The molecule has 0 radical (unpaired) electrons. The summed E-state index contributed by atoms with van der Waals surface area (Å²) in [6.45, 7) is 0. The average molecular weight is 173 g/mol. The zero-order chi connectivity index (χ0) is 7.40. The monoisotopic (exact) mass is 172 g/mol. The highest BCUT2D eigenvalue weighted by Gasteiger charge is 1.89. The van der Waals surface area contributed by atoms with Crippen LogP contribution in [-0.4, -0.2) is 6.29 Å². The highest BCUT2D eigenvalue weighted by Crippen LogP contribution is 2.13. The topological polar surface area (TPSA) is 17.1 Å². The summed E-state index contributed by atoms with van der Waals surface area (Å²) in [4.78, 5) is 11.0. The van der Waals surface area contributed by atoms with Crippen LogP contribution in [-0.2, 0) is 4.79 Å². The van der Waals surface area contributed by atoms with Crippen molar-refractivity contribution in [2.75, 3.05) is 0 Å². The van der Waals surface area contributed by atoms with Gasteiger partial charge in [-0.25, -0.2) is 0 Å². The van der Waals surface area contributed by atoms with Gasteiger partial charge in [0, 0.05) is 4.88 Å². The maximum Gasteiger partial charge on any atom is 0.161 e. The first kappa shape index (κ1) is 7.51. The highest BCUT2D eigenvalue weighted by molar-refractivity contribution is 7.10. The first-order chi connectivity index (χ1) is 4.83. The van der Waals surface area contributed by atoms with Crippen LogP contribution in [0.2, 0.25) is 0 Å². The molecular weight excluding hydrogens is 168 g/mol. The Hall–Kier alpha value is -0.600. The van der Waals surface area contributed by atoms with Gasteiger partial charge in [0.15, 0.2) is 6.29 Å². The van der Waals surface area contributed by atoms with Gasteiger partial charge < -0.3 is 0 Å². The molecular formula is C7H5ClOS. The summed E-state index contributed by atoms with van der Waals surface area (Å²) < 4.78 is 0. The van der Waals surface area contributed by atoms with Gasteiger partial charge in [-0.05, 0) is 17.5 Å². The van der Waals surface area contributed by atoms with Gasteiger partial charge in [-0.15, -0.1) is 11.3 Å². The smallest absolute Gasteiger partial charge is 0.161 e. The van der Waals surface area contributed by atoms with Gasteiger partial charge >= 0.3 is 0 Å². The predicted molar refractivity (Wildman–Crippen MR) is 44.2 cm³/mol. The van der Waals surface area contributed by atoms with E-state index in [1.54, 1.807) is 17.4 Å². The second kappa shape index (κ2) is 3.54. The zero-order valence-corrected chi connectivity index (χ0v) is 6.65. The lowest BCUT2D eigenvalue weighted by Gasteiger charge is -1.81. The Kier molecular flexibility index (Phi) is 2.66. The first-order valence-corrected chi connectivity index (χ1v) is 3.94. The molecule has 0 unspecified atom stereocenters. The first-order valence-electron chi connectivity index (χ1n) is 2.69. The van der Waals surface area contributed by atoms with Crippen LogP contribution in [0, 0.1) is 0 Å². The van der Waals surface area contributed by atoms with E-state index in [1.165, 1.54) is 0 Å². The summed E-state index contributed by atoms with van der Waals surface area (Å²) in [5.41, 5.74) is 0. The molecule has 3 heteroatoms. The van der Waals surface area contributed by atoms with Gasteiger partial charge in [-0.1, -0.05) is 17.7 Å². The molecule has 0 aliphatic heterocycles. The maximum atomic E-state index is 10.0. The van der Waals surface area contributed by atoms with Crippen molar-refractivity contribution in [1.29, 1.82) is 0 Å². The molecule has 1 aromatic rings. The molecule has 0 fully saturated rings. The maximum absolute atomic E-state index is 10.0. The standard InChI is InChI=1S/C7H5ClOS/c8-6(5-9)4-7-2-1-3-10-7/h1-5H/b6-4-. The van der Waals surface area contributed by atoms with E-state index in [1.807, 2.05) is 17.5 Å². The lowest BCUT2D eigenvalue weighted by Crippen LogP contribution is -1.68. The minimum absolute atomic E-state index is 0.238. The van der Waals surface area contributed by atoms with Crippen LogP contribution in [0.3, 0.4) is 0 Å². The van der Waals surface area contributed by atoms with E-state index in [0.717, 1.165) is 4.88 Å². The lowest BCUT2D eigenvalue weighted by atomic mass is 10.4. The molecule has 0 atom stereocenters. The largest absolute Gasteiger partial charge is 0.297 e. The van der Waals surface area contributed by atoms with Gasteiger partial charge in [0.2, 0.25) is 0 Å². The molecule has 10 heavy (non-hydrogen) atoms. The van der Waals surface area contributed by atoms with E-state index in [4.69, 9.17) is 11.6 Å². The molecule has 0 saturated carbocycles. The predicted octanol–water partition coefficient (Wildman–Crippen LogP) is 2.53. The number of carbonyl (C=O) groups excluding carboxylic acids is 1. The van der Waals surface area contributed by atoms with E-state index in [9.17, 15) is 4.79 Å². The summed E-state index contributed by atoms with van der Waals surface area (Å²) in [6.07, 6.45) is 2.26. The molecule has 0 spiro atoms. The fourth-order valence-electron chi connectivity index (χ4n) is 0.543. The van der Waals surface area contributed by atoms with E-state index in [-0.39, 0.29) is 5.03 Å². The van der Waals surface area contributed by atoms with Crippen molar-refractivity contribution in [1.82, 2.24) is 0 Å². The normalized spacial score (nSPS) is 11.5. The Labute approximate surface area is 67.9 Å². The van der Waals surface area contributed by atoms with Crippen LogP contribution in [0.1, 0.15) is 4.88 Å². The van der Waals surface area contributed by atoms with Gasteiger partial charge in [0.25, 0.3) is 0 Å². The van der Waals surface area contributed by atoms with Crippen LogP contribution >= 0.6 is 22.9 Å². The summed E-state index contributed by atoms with van der Waals surface area (Å²) in [5, 5.41) is 2.17. The van der Waals surface area contributed by atoms with Gasteiger partial charge in [0.05, 0.1) is 5.03 Å². The number of thiophene rings is 1. The molecule has 1 rings (SSSR count). The third-order valence-corrected chi connectivity index (χ3v) is 1.95. The molecule has 0 saturated heterocycles. The van der Waals surface area contributed by atoms with Crippen molar-refractivity contribution >= 4 is 35.3 Å². The quantitative estimate of drug-likeness (QED) is 0.495. The SMILES string of the molecule is O=C/C(Cl)=C/c1cccs1. The van der Waals surface area contributed by atoms with E-state index in [2.05, 4.69) is 0 Å². The number of carbonyl (C=O) groups is 1. The molecule has 0 N–H and O–H groups in total. The van der Waals surface area contributed by atoms with Crippen LogP contribution in [0.4, 0.5) is 0 Å². The number of aldehydes is 1. The average Bonchev–Trinajstić information content (AvgIpc) is 2.40. The van der Waals surface area contributed by atoms with Crippen LogP contribution in [0.5, 0.6) is 0 Å². The second-order valence-electron chi connectivity index (χ2n) is 1.66. The number of allylic oxidation sites excluding steroid dienone is 1. The van der Waals surface area contributed by atoms with Crippen molar-refractivity contribution in [2.24, 2.45) is 0 Å². The Morgan fingerprint density at radius 1 is 1.70 bits per heavy atom. The number of halogens is 1. The van der Waals surface area contributed by atoms with Crippen molar-refractivity contribution in [2.45, 2.75) is 0 Å². The molecule has 1 aromatic heterocycles. The van der Waals surface area contributed by atoms with Gasteiger partial charge in [-0.3, -0.25) is 4.79 Å². The summed E-state index contributed by atoms with van der Waals surface area (Å²) in [7, 11) is 0. The van der Waals surface area contributed by atoms with Crippen LogP contribution in [0.25, 0.3) is 6.08 Å². The lowest BCUT2D eigenvalue weighted by molar-refractivity contribution is -0.104. The zero-order valence-electron chi connectivity index (χ0n) is 5.08. The summed E-state index contributed by atoms with van der Waals surface area (Å²) in [6, 6.07) is 3.81. The van der Waals surface area contributed by atoms with Crippen molar-refractivity contribution in [3.63, 3.8) is 0 Å². The van der Waals surface area contributed by atoms with E-state index in [0.29, 0.717) is 6.29 Å². The molecule has 1 heterocycles. The Bertz CT molecular complexity index is 238. The number of rotatable bonds is 2. The second-order valence-corrected chi connectivity index (χ2v) is 3.08. The summed E-state index contributed by atoms with van der Waals surface area (Å²) in [5.74, 6) is 0. The van der Waals surface area contributed by atoms with Gasteiger partial charge in [-0.2, -0.15) is 0 Å². The minimum Gasteiger partial charge on any atom is -0.297 e. The molecule has 1 nitrogen and oxygen atoms in total. The minimum atomic E-state index is 0.238. The summed E-state index contributed by atoms with van der Waals surface area (Å²) >= 11 is 7.00. The molecule has 0 aliphatic carbocycles. The third-order valence-electron chi connectivity index (χ3n) is 0.936. The molecule has 52 valence electrons.